The zero-order valence-corrected chi connectivity index (χ0v) is 17.2. The highest BCUT2D eigenvalue weighted by Gasteiger charge is 2.33. The molecule has 4 nitrogen and oxygen atoms in total. The van der Waals surface area contributed by atoms with E-state index in [0.717, 1.165) is 55.9 Å². The van der Waals surface area contributed by atoms with Gasteiger partial charge in [0.1, 0.15) is 5.82 Å². The highest BCUT2D eigenvalue weighted by molar-refractivity contribution is 6.30. The maximum atomic E-state index is 13.1. The lowest BCUT2D eigenvalue weighted by molar-refractivity contribution is 0.165. The minimum atomic E-state index is -0.249. The summed E-state index contributed by atoms with van der Waals surface area (Å²) >= 11 is 5.96. The predicted octanol–water partition coefficient (Wildman–Crippen LogP) is 4.82. The van der Waals surface area contributed by atoms with Gasteiger partial charge >= 0.3 is 6.03 Å². The summed E-state index contributed by atoms with van der Waals surface area (Å²) in [5.74, 6) is -0.249. The van der Waals surface area contributed by atoms with Crippen molar-refractivity contribution < 1.29 is 9.18 Å². The highest BCUT2D eigenvalue weighted by Crippen LogP contribution is 2.29. The number of likely N-dealkylation sites (tertiary alicyclic amines) is 1. The largest absolute Gasteiger partial charge is 0.335 e. The molecule has 2 amide bonds. The summed E-state index contributed by atoms with van der Waals surface area (Å²) in [6.45, 7) is 3.38. The van der Waals surface area contributed by atoms with E-state index in [0.29, 0.717) is 12.6 Å². The van der Waals surface area contributed by atoms with Gasteiger partial charge in [-0.1, -0.05) is 35.9 Å². The Labute approximate surface area is 176 Å². The number of rotatable bonds is 6. The van der Waals surface area contributed by atoms with Crippen LogP contribution in [0.4, 0.5) is 9.18 Å². The number of amides is 2. The molecule has 1 aliphatic carbocycles. The zero-order chi connectivity index (χ0) is 20.2. The van der Waals surface area contributed by atoms with E-state index in [1.165, 1.54) is 17.7 Å². The number of benzene rings is 2. The van der Waals surface area contributed by atoms with E-state index < -0.39 is 0 Å². The summed E-state index contributed by atoms with van der Waals surface area (Å²) in [5, 5.41) is 3.99. The standard InChI is InChI=1S/C23H27ClFN3O/c24-19-5-1-17(2-6-19)15-27-13-11-21(12-14-27)26-23(29)28(22-9-10-22)16-18-3-7-20(25)8-4-18/h1-8,21-22H,9-16H2,(H,26,29). The van der Waals surface area contributed by atoms with Crippen LogP contribution in [-0.2, 0) is 13.1 Å². The number of nitrogens with zero attached hydrogens (tertiary/aromatic N) is 2. The van der Waals surface area contributed by atoms with E-state index in [9.17, 15) is 9.18 Å². The highest BCUT2D eigenvalue weighted by atomic mass is 35.5. The van der Waals surface area contributed by atoms with Gasteiger partial charge in [0.2, 0.25) is 0 Å². The fourth-order valence-corrected chi connectivity index (χ4v) is 4.01. The lowest BCUT2D eigenvalue weighted by Crippen LogP contribution is -2.49. The van der Waals surface area contributed by atoms with Crippen molar-refractivity contribution in [1.29, 1.82) is 0 Å². The van der Waals surface area contributed by atoms with E-state index in [-0.39, 0.29) is 17.9 Å². The fraction of sp³-hybridized carbons (Fsp3) is 0.435. The van der Waals surface area contributed by atoms with Gasteiger partial charge in [0.25, 0.3) is 0 Å². The van der Waals surface area contributed by atoms with Gasteiger partial charge in [0.15, 0.2) is 0 Å². The van der Waals surface area contributed by atoms with Gasteiger partial charge in [-0.05, 0) is 61.1 Å². The molecule has 2 fully saturated rings. The molecule has 1 saturated heterocycles. The van der Waals surface area contributed by atoms with E-state index in [2.05, 4.69) is 22.3 Å². The number of piperidine rings is 1. The first-order chi connectivity index (χ1) is 14.1. The van der Waals surface area contributed by atoms with Crippen molar-refractivity contribution in [3.63, 3.8) is 0 Å². The normalized spacial score (nSPS) is 17.9. The maximum Gasteiger partial charge on any atom is 0.318 e. The first-order valence-corrected chi connectivity index (χ1v) is 10.7. The van der Waals surface area contributed by atoms with E-state index in [4.69, 9.17) is 11.6 Å². The molecule has 0 aromatic heterocycles. The third-order valence-corrected chi connectivity index (χ3v) is 6.00. The van der Waals surface area contributed by atoms with Crippen LogP contribution in [0.3, 0.4) is 0 Å². The number of hydrogen-bond acceptors (Lipinski definition) is 2. The Balaban J connectivity index is 1.26. The second-order valence-electron chi connectivity index (χ2n) is 8.11. The first kappa shape index (κ1) is 20.2. The molecule has 0 atom stereocenters. The summed E-state index contributed by atoms with van der Waals surface area (Å²) in [5.41, 5.74) is 2.22. The summed E-state index contributed by atoms with van der Waals surface area (Å²) in [6.07, 6.45) is 4.01. The molecule has 6 heteroatoms. The van der Waals surface area contributed by atoms with Gasteiger partial charge in [-0.25, -0.2) is 9.18 Å². The smallest absolute Gasteiger partial charge is 0.318 e. The van der Waals surface area contributed by atoms with Crippen molar-refractivity contribution in [3.05, 3.63) is 70.5 Å². The Bertz CT molecular complexity index is 815. The molecule has 4 rings (SSSR count). The Morgan fingerprint density at radius 3 is 2.24 bits per heavy atom. The van der Waals surface area contributed by atoms with Crippen LogP contribution in [0.15, 0.2) is 48.5 Å². The van der Waals surface area contributed by atoms with Crippen LogP contribution in [0.2, 0.25) is 5.02 Å². The minimum Gasteiger partial charge on any atom is -0.335 e. The van der Waals surface area contributed by atoms with Crippen LogP contribution in [0.5, 0.6) is 0 Å². The van der Waals surface area contributed by atoms with Gasteiger partial charge in [0.05, 0.1) is 0 Å². The number of halogens is 2. The van der Waals surface area contributed by atoms with Gasteiger partial charge in [-0.3, -0.25) is 4.90 Å². The summed E-state index contributed by atoms with van der Waals surface area (Å²) in [6, 6.07) is 14.9. The lowest BCUT2D eigenvalue weighted by atomic mass is 10.0. The molecule has 1 heterocycles. The summed E-state index contributed by atoms with van der Waals surface area (Å²) in [4.78, 5) is 17.2. The van der Waals surface area contributed by atoms with Crippen LogP contribution >= 0.6 is 11.6 Å². The van der Waals surface area contributed by atoms with Crippen LogP contribution in [-0.4, -0.2) is 41.0 Å². The molecule has 0 radical (unpaired) electrons. The number of carbonyl (C=O) groups excluding carboxylic acids is 1. The second-order valence-corrected chi connectivity index (χ2v) is 8.55. The molecule has 2 aromatic carbocycles. The second kappa shape index (κ2) is 9.14. The van der Waals surface area contributed by atoms with Crippen molar-refractivity contribution >= 4 is 17.6 Å². The minimum absolute atomic E-state index is 0.00739. The SMILES string of the molecule is O=C(NC1CCN(Cc2ccc(Cl)cc2)CC1)N(Cc1ccc(F)cc1)C1CC1. The Morgan fingerprint density at radius 1 is 1.00 bits per heavy atom. The molecule has 154 valence electrons. The summed E-state index contributed by atoms with van der Waals surface area (Å²) < 4.78 is 13.1. The molecule has 1 saturated carbocycles. The van der Waals surface area contributed by atoms with Gasteiger partial charge in [-0.2, -0.15) is 0 Å². The van der Waals surface area contributed by atoms with E-state index in [1.54, 1.807) is 12.1 Å². The third kappa shape index (κ3) is 5.71. The molecule has 1 N–H and O–H groups in total. The molecular formula is C23H27ClFN3O. The Kier molecular flexibility index (Phi) is 6.36. The van der Waals surface area contributed by atoms with Gasteiger partial charge in [-0.15, -0.1) is 0 Å². The fourth-order valence-electron chi connectivity index (χ4n) is 3.88. The van der Waals surface area contributed by atoms with Crippen molar-refractivity contribution in [1.82, 2.24) is 15.1 Å². The molecular weight excluding hydrogens is 389 g/mol. The summed E-state index contributed by atoms with van der Waals surface area (Å²) in [7, 11) is 0. The Hall–Kier alpha value is -2.11. The van der Waals surface area contributed by atoms with Crippen LogP contribution < -0.4 is 5.32 Å². The lowest BCUT2D eigenvalue weighted by Gasteiger charge is -2.34. The third-order valence-electron chi connectivity index (χ3n) is 5.75. The van der Waals surface area contributed by atoms with Crippen LogP contribution in [0.1, 0.15) is 36.8 Å². The van der Waals surface area contributed by atoms with Crippen molar-refractivity contribution in [2.24, 2.45) is 0 Å². The van der Waals surface area contributed by atoms with Crippen LogP contribution in [0.25, 0.3) is 0 Å². The number of hydrogen-bond donors (Lipinski definition) is 1. The average Bonchev–Trinajstić information content (AvgIpc) is 3.56. The quantitative estimate of drug-likeness (QED) is 0.734. The van der Waals surface area contributed by atoms with E-state index >= 15 is 0 Å². The molecule has 2 aliphatic rings. The first-order valence-electron chi connectivity index (χ1n) is 10.4. The molecule has 0 unspecified atom stereocenters. The van der Waals surface area contributed by atoms with Crippen LogP contribution in [0, 0.1) is 5.82 Å². The number of carbonyl (C=O) groups is 1. The molecule has 29 heavy (non-hydrogen) atoms. The molecule has 2 aromatic rings. The molecule has 0 spiro atoms. The van der Waals surface area contributed by atoms with Gasteiger partial charge in [0, 0.05) is 43.3 Å². The number of nitrogens with one attached hydrogen (secondary N) is 1. The van der Waals surface area contributed by atoms with Gasteiger partial charge < -0.3 is 10.2 Å². The Morgan fingerprint density at radius 2 is 1.62 bits per heavy atom. The molecule has 0 bridgehead atoms. The van der Waals surface area contributed by atoms with E-state index in [1.807, 2.05) is 17.0 Å². The van der Waals surface area contributed by atoms with Crippen molar-refractivity contribution in [2.45, 2.75) is 50.9 Å². The average molecular weight is 416 g/mol. The number of urea groups is 1. The predicted molar refractivity (Wildman–Crippen MR) is 113 cm³/mol. The molecule has 1 aliphatic heterocycles. The zero-order valence-electron chi connectivity index (χ0n) is 16.5. The monoisotopic (exact) mass is 415 g/mol. The van der Waals surface area contributed by atoms with Crippen molar-refractivity contribution in [2.75, 3.05) is 13.1 Å². The topological polar surface area (TPSA) is 35.6 Å². The van der Waals surface area contributed by atoms with Crippen molar-refractivity contribution in [3.8, 4) is 0 Å². The maximum absolute atomic E-state index is 13.1.